The number of fused-ring (bicyclic) bond motifs is 2. The van der Waals surface area contributed by atoms with Crippen LogP contribution in [0.2, 0.25) is 0 Å². The number of carbonyl (C=O) groups excluding carboxylic acids is 1. The second-order valence-electron chi connectivity index (χ2n) is 7.71. The Bertz CT molecular complexity index is 1060. The van der Waals surface area contributed by atoms with Crippen molar-refractivity contribution in [1.82, 2.24) is 4.72 Å². The van der Waals surface area contributed by atoms with Crippen molar-refractivity contribution in [2.24, 2.45) is 5.92 Å². The van der Waals surface area contributed by atoms with E-state index in [1.165, 1.54) is 6.07 Å². The van der Waals surface area contributed by atoms with Crippen LogP contribution in [0, 0.1) is 5.92 Å². The molecule has 2 aliphatic rings. The van der Waals surface area contributed by atoms with Gasteiger partial charge in [0.15, 0.2) is 11.5 Å². The molecule has 29 heavy (non-hydrogen) atoms. The van der Waals surface area contributed by atoms with Crippen molar-refractivity contribution in [1.29, 1.82) is 0 Å². The Morgan fingerprint density at radius 1 is 1.07 bits per heavy atom. The lowest BCUT2D eigenvalue weighted by Crippen LogP contribution is -2.32. The number of rotatable bonds is 5. The molecule has 0 saturated heterocycles. The van der Waals surface area contributed by atoms with Crippen LogP contribution in [0.15, 0.2) is 41.3 Å². The van der Waals surface area contributed by atoms with E-state index in [1.807, 2.05) is 32.0 Å². The third-order valence-electron chi connectivity index (χ3n) is 5.33. The number of benzene rings is 2. The molecule has 0 saturated carbocycles. The van der Waals surface area contributed by atoms with Gasteiger partial charge in [-0.05, 0) is 54.3 Å². The summed E-state index contributed by atoms with van der Waals surface area (Å²) in [6.45, 7) is 6.64. The largest absolute Gasteiger partial charge is 0.486 e. The van der Waals surface area contributed by atoms with Gasteiger partial charge in [-0.2, -0.15) is 0 Å². The van der Waals surface area contributed by atoms with Gasteiger partial charge in [-0.25, -0.2) is 13.1 Å². The van der Waals surface area contributed by atoms with Gasteiger partial charge in [0, 0.05) is 11.7 Å². The van der Waals surface area contributed by atoms with Gasteiger partial charge in [-0.1, -0.05) is 19.9 Å². The van der Waals surface area contributed by atoms with Crippen LogP contribution >= 0.6 is 0 Å². The Hall–Kier alpha value is -2.58. The molecular formula is C21H24N2O5S. The summed E-state index contributed by atoms with van der Waals surface area (Å²) in [5.74, 6) is 0.784. The van der Waals surface area contributed by atoms with E-state index in [0.29, 0.717) is 36.0 Å². The number of hydrogen-bond donors (Lipinski definition) is 2. The van der Waals surface area contributed by atoms with Crippen LogP contribution in [0.3, 0.4) is 0 Å². The first-order chi connectivity index (χ1) is 13.8. The Morgan fingerprint density at radius 3 is 2.52 bits per heavy atom. The maximum absolute atomic E-state index is 13.1. The Morgan fingerprint density at radius 2 is 1.79 bits per heavy atom. The molecule has 0 aliphatic carbocycles. The van der Waals surface area contributed by atoms with Gasteiger partial charge in [-0.15, -0.1) is 0 Å². The van der Waals surface area contributed by atoms with Gasteiger partial charge in [0.1, 0.15) is 13.2 Å². The Kier molecular flexibility index (Phi) is 5.00. The number of amides is 1. The zero-order chi connectivity index (χ0) is 20.8. The molecule has 0 aromatic heterocycles. The third kappa shape index (κ3) is 3.70. The van der Waals surface area contributed by atoms with Crippen LogP contribution in [0.25, 0.3) is 0 Å². The standard InChI is InChI=1S/C21H24N2O5S/c1-12(2)20(14-4-7-18-19(10-14)28-9-8-27-18)23-29(25,26)15-5-6-17-16(11-15)13(3)21(24)22-17/h4-7,10-13,20,23H,8-9H2,1-3H3,(H,22,24)/t13-,20-/m0/s1. The lowest BCUT2D eigenvalue weighted by atomic mass is 9.97. The van der Waals surface area contributed by atoms with Crippen LogP contribution in [0.1, 0.15) is 43.9 Å². The number of sulfonamides is 1. The molecule has 7 nitrogen and oxygen atoms in total. The molecule has 4 rings (SSSR count). The smallest absolute Gasteiger partial charge is 0.241 e. The van der Waals surface area contributed by atoms with Crippen LogP contribution in [0.4, 0.5) is 5.69 Å². The topological polar surface area (TPSA) is 93.7 Å². The molecule has 0 radical (unpaired) electrons. The lowest BCUT2D eigenvalue weighted by molar-refractivity contribution is -0.116. The van der Waals surface area contributed by atoms with Crippen molar-refractivity contribution in [3.63, 3.8) is 0 Å². The highest BCUT2D eigenvalue weighted by molar-refractivity contribution is 7.89. The molecule has 2 aromatic rings. The summed E-state index contributed by atoms with van der Waals surface area (Å²) in [5.41, 5.74) is 2.16. The first kappa shape index (κ1) is 19.7. The molecule has 2 atom stereocenters. The first-order valence-electron chi connectivity index (χ1n) is 9.63. The second-order valence-corrected chi connectivity index (χ2v) is 9.42. The van der Waals surface area contributed by atoms with E-state index in [4.69, 9.17) is 9.47 Å². The monoisotopic (exact) mass is 416 g/mol. The maximum Gasteiger partial charge on any atom is 0.241 e. The minimum absolute atomic E-state index is 0.00364. The molecule has 0 bridgehead atoms. The van der Waals surface area contributed by atoms with E-state index in [0.717, 1.165) is 5.56 Å². The number of hydrogen-bond acceptors (Lipinski definition) is 5. The van der Waals surface area contributed by atoms with Crippen molar-refractivity contribution < 1.29 is 22.7 Å². The summed E-state index contributed by atoms with van der Waals surface area (Å²) in [6.07, 6.45) is 0. The molecule has 0 unspecified atom stereocenters. The lowest BCUT2D eigenvalue weighted by Gasteiger charge is -2.25. The molecule has 0 fully saturated rings. The van der Waals surface area contributed by atoms with Gasteiger partial charge in [-0.3, -0.25) is 4.79 Å². The Balaban J connectivity index is 1.64. The SMILES string of the molecule is CC(C)[C@H](NS(=O)(=O)c1ccc2c(c1)[C@H](C)C(=O)N2)c1ccc2c(c1)OCCO2. The van der Waals surface area contributed by atoms with Gasteiger partial charge in [0.05, 0.1) is 10.8 Å². The number of anilines is 1. The number of carbonyl (C=O) groups is 1. The van der Waals surface area contributed by atoms with Crippen LogP contribution in [-0.4, -0.2) is 27.5 Å². The minimum Gasteiger partial charge on any atom is -0.486 e. The molecule has 2 heterocycles. The van der Waals surface area contributed by atoms with Crippen molar-refractivity contribution in [3.05, 3.63) is 47.5 Å². The highest BCUT2D eigenvalue weighted by Crippen LogP contribution is 2.36. The van der Waals surface area contributed by atoms with Gasteiger partial charge >= 0.3 is 0 Å². The summed E-state index contributed by atoms with van der Waals surface area (Å²) < 4.78 is 40.3. The predicted octanol–water partition coefficient (Wildman–Crippen LogP) is 3.19. The van der Waals surface area contributed by atoms with E-state index in [-0.39, 0.29) is 22.6 Å². The average Bonchev–Trinajstić information content (AvgIpc) is 2.99. The highest BCUT2D eigenvalue weighted by atomic mass is 32.2. The van der Waals surface area contributed by atoms with Crippen LogP contribution < -0.4 is 19.5 Å². The van der Waals surface area contributed by atoms with E-state index >= 15 is 0 Å². The molecule has 8 heteroatoms. The van der Waals surface area contributed by atoms with Gasteiger partial charge in [0.25, 0.3) is 0 Å². The van der Waals surface area contributed by atoms with E-state index in [1.54, 1.807) is 19.1 Å². The second kappa shape index (κ2) is 7.35. The van der Waals surface area contributed by atoms with E-state index < -0.39 is 16.1 Å². The summed E-state index contributed by atoms with van der Waals surface area (Å²) >= 11 is 0. The quantitative estimate of drug-likeness (QED) is 0.781. The van der Waals surface area contributed by atoms with Gasteiger partial charge in [0.2, 0.25) is 15.9 Å². The zero-order valence-electron chi connectivity index (χ0n) is 16.6. The average molecular weight is 416 g/mol. The predicted molar refractivity (Wildman–Crippen MR) is 109 cm³/mol. The molecule has 2 N–H and O–H groups in total. The van der Waals surface area contributed by atoms with Crippen molar-refractivity contribution in [2.45, 2.75) is 37.6 Å². The molecule has 0 spiro atoms. The highest BCUT2D eigenvalue weighted by Gasteiger charge is 2.30. The molecule has 2 aromatic carbocycles. The van der Waals surface area contributed by atoms with E-state index in [9.17, 15) is 13.2 Å². The minimum atomic E-state index is -3.80. The summed E-state index contributed by atoms with van der Waals surface area (Å²) in [7, 11) is -3.80. The van der Waals surface area contributed by atoms with Crippen molar-refractivity contribution >= 4 is 21.6 Å². The molecular weight excluding hydrogens is 392 g/mol. The van der Waals surface area contributed by atoms with Crippen LogP contribution in [0.5, 0.6) is 11.5 Å². The normalized spacial score (nSPS) is 19.0. The fourth-order valence-electron chi connectivity index (χ4n) is 3.64. The Labute approximate surface area is 170 Å². The molecule has 2 aliphatic heterocycles. The third-order valence-corrected chi connectivity index (χ3v) is 6.76. The molecule has 1 amide bonds. The summed E-state index contributed by atoms with van der Waals surface area (Å²) in [5, 5.41) is 2.76. The first-order valence-corrected chi connectivity index (χ1v) is 11.1. The zero-order valence-corrected chi connectivity index (χ0v) is 17.4. The number of nitrogens with one attached hydrogen (secondary N) is 2. The number of ether oxygens (including phenoxy) is 2. The van der Waals surface area contributed by atoms with Crippen molar-refractivity contribution in [3.8, 4) is 11.5 Å². The van der Waals surface area contributed by atoms with E-state index in [2.05, 4.69) is 10.0 Å². The fraction of sp³-hybridized carbons (Fsp3) is 0.381. The van der Waals surface area contributed by atoms with Crippen LogP contribution in [-0.2, 0) is 14.8 Å². The molecule has 154 valence electrons. The fourth-order valence-corrected chi connectivity index (χ4v) is 5.05. The van der Waals surface area contributed by atoms with Gasteiger partial charge < -0.3 is 14.8 Å². The summed E-state index contributed by atoms with van der Waals surface area (Å²) in [6, 6.07) is 9.77. The maximum atomic E-state index is 13.1. The van der Waals surface area contributed by atoms with Crippen molar-refractivity contribution in [2.75, 3.05) is 18.5 Å². The summed E-state index contributed by atoms with van der Waals surface area (Å²) in [4.78, 5) is 12.0.